The normalized spacial score (nSPS) is 20.4. The van der Waals surface area contributed by atoms with Crippen LogP contribution in [0.4, 0.5) is 0 Å². The average molecular weight is 447 g/mol. The van der Waals surface area contributed by atoms with E-state index in [1.807, 2.05) is 19.9 Å². The summed E-state index contributed by atoms with van der Waals surface area (Å²) in [7, 11) is -3.79. The van der Waals surface area contributed by atoms with Crippen LogP contribution in [0.1, 0.15) is 25.5 Å². The Labute approximate surface area is 181 Å². The number of carbonyl (C=O) groups excluding carboxylic acids is 1. The molecule has 2 aliphatic rings. The largest absolute Gasteiger partial charge is 0.339 e. The summed E-state index contributed by atoms with van der Waals surface area (Å²) in [5.74, 6) is 0.276. The number of pyridine rings is 1. The molecule has 0 saturated carbocycles. The van der Waals surface area contributed by atoms with Crippen molar-refractivity contribution in [1.29, 1.82) is 0 Å². The number of hydrazine groups is 2. The molecule has 2 aromatic rings. The van der Waals surface area contributed by atoms with E-state index in [0.717, 1.165) is 5.56 Å². The smallest absolute Gasteiger partial charge is 0.246 e. The van der Waals surface area contributed by atoms with Crippen molar-refractivity contribution in [3.63, 3.8) is 0 Å². The topological polar surface area (TPSA) is 132 Å². The van der Waals surface area contributed by atoms with Gasteiger partial charge in [0.2, 0.25) is 15.9 Å². The Balaban J connectivity index is 1.54. The highest BCUT2D eigenvalue weighted by Gasteiger charge is 2.35. The van der Waals surface area contributed by atoms with Gasteiger partial charge in [0, 0.05) is 50.7 Å². The van der Waals surface area contributed by atoms with Gasteiger partial charge < -0.3 is 4.90 Å². The van der Waals surface area contributed by atoms with Gasteiger partial charge in [-0.25, -0.2) is 29.2 Å². The second-order valence-electron chi connectivity index (χ2n) is 7.77. The van der Waals surface area contributed by atoms with E-state index in [2.05, 4.69) is 31.3 Å². The number of nitrogens with zero attached hydrogens (tertiary/aromatic N) is 5. The number of piperazine rings is 1. The predicted molar refractivity (Wildman–Crippen MR) is 113 cm³/mol. The third-order valence-electron chi connectivity index (χ3n) is 5.36. The van der Waals surface area contributed by atoms with E-state index in [1.165, 1.54) is 10.5 Å². The van der Waals surface area contributed by atoms with Crippen LogP contribution in [0.25, 0.3) is 11.4 Å². The van der Waals surface area contributed by atoms with E-state index in [4.69, 9.17) is 0 Å². The number of amides is 1. The van der Waals surface area contributed by atoms with E-state index in [0.29, 0.717) is 31.2 Å². The molecule has 166 valence electrons. The molecule has 1 atom stereocenters. The second-order valence-corrected chi connectivity index (χ2v) is 9.68. The summed E-state index contributed by atoms with van der Waals surface area (Å²) in [6.45, 7) is 5.41. The molecule has 11 nitrogen and oxygen atoms in total. The summed E-state index contributed by atoms with van der Waals surface area (Å²) < 4.78 is 28.2. The number of rotatable bonds is 5. The van der Waals surface area contributed by atoms with Crippen LogP contribution in [-0.4, -0.2) is 77.2 Å². The van der Waals surface area contributed by atoms with Crippen LogP contribution >= 0.6 is 0 Å². The Hall–Kier alpha value is -2.51. The first-order chi connectivity index (χ1) is 14.9. The molecule has 4 heterocycles. The van der Waals surface area contributed by atoms with Crippen LogP contribution in [0.2, 0.25) is 0 Å². The minimum absolute atomic E-state index is 0.0541. The summed E-state index contributed by atoms with van der Waals surface area (Å²) in [6, 6.07) is 3.26. The van der Waals surface area contributed by atoms with Crippen molar-refractivity contribution in [3.05, 3.63) is 36.4 Å². The molecule has 0 bridgehead atoms. The maximum Gasteiger partial charge on any atom is 0.246 e. The van der Waals surface area contributed by atoms with Gasteiger partial charge in [-0.2, -0.15) is 9.84 Å². The standard InChI is InChI=1S/C19H26N8O3S/c1-13(2)17-16(12-21-18(23-17)14-4-3-5-20-10-14)31(29,30)27-8-6-26(7-9-27)19(28)15-11-22-25-24-15/h3-5,10,12-13,15,22,24-25H,6-9,11H2,1-2H3. The van der Waals surface area contributed by atoms with Crippen molar-refractivity contribution in [2.75, 3.05) is 32.7 Å². The average Bonchev–Trinajstić information content (AvgIpc) is 3.34. The second kappa shape index (κ2) is 8.93. The quantitative estimate of drug-likeness (QED) is 0.555. The van der Waals surface area contributed by atoms with E-state index < -0.39 is 10.0 Å². The number of hydrogen-bond donors (Lipinski definition) is 3. The minimum Gasteiger partial charge on any atom is -0.339 e. The van der Waals surface area contributed by atoms with Gasteiger partial charge in [-0.15, -0.1) is 0 Å². The number of sulfonamides is 1. The number of carbonyl (C=O) groups is 1. The molecule has 2 saturated heterocycles. The highest BCUT2D eigenvalue weighted by molar-refractivity contribution is 7.89. The molecule has 3 N–H and O–H groups in total. The summed E-state index contributed by atoms with van der Waals surface area (Å²) >= 11 is 0. The molecule has 12 heteroatoms. The van der Waals surface area contributed by atoms with Gasteiger partial charge in [-0.1, -0.05) is 13.8 Å². The Morgan fingerprint density at radius 3 is 2.58 bits per heavy atom. The van der Waals surface area contributed by atoms with Crippen LogP contribution in [0.5, 0.6) is 0 Å². The molecule has 0 radical (unpaired) electrons. The first kappa shape index (κ1) is 21.7. The summed E-state index contributed by atoms with van der Waals surface area (Å²) in [6.07, 6.45) is 4.69. The van der Waals surface area contributed by atoms with Crippen molar-refractivity contribution in [2.45, 2.75) is 30.7 Å². The molecule has 0 spiro atoms. The molecule has 31 heavy (non-hydrogen) atoms. The van der Waals surface area contributed by atoms with E-state index in [-0.39, 0.29) is 35.9 Å². The Bertz CT molecular complexity index is 1030. The van der Waals surface area contributed by atoms with Crippen LogP contribution in [0.15, 0.2) is 35.6 Å². The highest BCUT2D eigenvalue weighted by Crippen LogP contribution is 2.27. The maximum absolute atomic E-state index is 13.4. The van der Waals surface area contributed by atoms with Crippen molar-refractivity contribution in [1.82, 2.24) is 40.5 Å². The number of aromatic nitrogens is 3. The summed E-state index contributed by atoms with van der Waals surface area (Å²) in [5.41, 5.74) is 9.61. The highest BCUT2D eigenvalue weighted by atomic mass is 32.2. The Morgan fingerprint density at radius 2 is 1.97 bits per heavy atom. The molecule has 0 aliphatic carbocycles. The molecular formula is C19H26N8O3S. The minimum atomic E-state index is -3.79. The first-order valence-corrected chi connectivity index (χ1v) is 11.6. The van der Waals surface area contributed by atoms with Crippen molar-refractivity contribution >= 4 is 15.9 Å². The fourth-order valence-electron chi connectivity index (χ4n) is 3.63. The monoisotopic (exact) mass is 446 g/mol. The lowest BCUT2D eigenvalue weighted by molar-refractivity contribution is -0.134. The predicted octanol–water partition coefficient (Wildman–Crippen LogP) is -0.524. The van der Waals surface area contributed by atoms with Crippen LogP contribution in [-0.2, 0) is 14.8 Å². The molecule has 2 aromatic heterocycles. The lowest BCUT2D eigenvalue weighted by atomic mass is 10.1. The molecular weight excluding hydrogens is 420 g/mol. The summed E-state index contributed by atoms with van der Waals surface area (Å²) in [5, 5.41) is 0. The third-order valence-corrected chi connectivity index (χ3v) is 7.27. The van der Waals surface area contributed by atoms with Crippen molar-refractivity contribution in [2.24, 2.45) is 0 Å². The molecule has 2 fully saturated rings. The van der Waals surface area contributed by atoms with Crippen LogP contribution < -0.4 is 16.4 Å². The molecule has 4 rings (SSSR count). The summed E-state index contributed by atoms with van der Waals surface area (Å²) in [4.78, 5) is 27.3. The van der Waals surface area contributed by atoms with E-state index in [1.54, 1.807) is 23.4 Å². The fraction of sp³-hybridized carbons (Fsp3) is 0.474. The Morgan fingerprint density at radius 1 is 1.19 bits per heavy atom. The SMILES string of the molecule is CC(C)c1nc(-c2cccnc2)ncc1S(=O)(=O)N1CCN(C(=O)C2CNNN2)CC1. The van der Waals surface area contributed by atoms with Gasteiger partial charge in [-0.3, -0.25) is 9.78 Å². The van der Waals surface area contributed by atoms with Gasteiger partial charge >= 0.3 is 0 Å². The van der Waals surface area contributed by atoms with E-state index >= 15 is 0 Å². The molecule has 1 amide bonds. The zero-order valence-electron chi connectivity index (χ0n) is 17.4. The van der Waals surface area contributed by atoms with Gasteiger partial charge in [0.15, 0.2) is 5.82 Å². The number of hydrogen-bond acceptors (Lipinski definition) is 9. The van der Waals surface area contributed by atoms with Crippen LogP contribution in [0, 0.1) is 0 Å². The number of nitrogens with one attached hydrogen (secondary N) is 3. The van der Waals surface area contributed by atoms with E-state index in [9.17, 15) is 13.2 Å². The van der Waals surface area contributed by atoms with Crippen LogP contribution in [0.3, 0.4) is 0 Å². The zero-order valence-corrected chi connectivity index (χ0v) is 18.3. The molecule has 2 aliphatic heterocycles. The van der Waals surface area contributed by atoms with Crippen molar-refractivity contribution < 1.29 is 13.2 Å². The fourth-order valence-corrected chi connectivity index (χ4v) is 5.28. The zero-order chi connectivity index (χ0) is 22.0. The van der Waals surface area contributed by atoms with Gasteiger partial charge in [-0.05, 0) is 18.1 Å². The molecule has 0 aromatic carbocycles. The third kappa shape index (κ3) is 4.43. The van der Waals surface area contributed by atoms with Gasteiger partial charge in [0.25, 0.3) is 0 Å². The Kier molecular flexibility index (Phi) is 6.25. The lowest BCUT2D eigenvalue weighted by Crippen LogP contribution is -2.55. The van der Waals surface area contributed by atoms with Crippen molar-refractivity contribution in [3.8, 4) is 11.4 Å². The maximum atomic E-state index is 13.4. The molecule has 1 unspecified atom stereocenters. The first-order valence-electron chi connectivity index (χ1n) is 10.2. The van der Waals surface area contributed by atoms with Gasteiger partial charge in [0.05, 0.1) is 11.9 Å². The lowest BCUT2D eigenvalue weighted by Gasteiger charge is -2.35. The van der Waals surface area contributed by atoms with Gasteiger partial charge in [0.1, 0.15) is 10.9 Å².